The molecule has 3 rings (SSSR count). The van der Waals surface area contributed by atoms with E-state index in [9.17, 15) is 14.0 Å². The van der Waals surface area contributed by atoms with Gasteiger partial charge in [0.05, 0.1) is 6.42 Å². The summed E-state index contributed by atoms with van der Waals surface area (Å²) in [6.07, 6.45) is -0.0911. The van der Waals surface area contributed by atoms with Crippen LogP contribution >= 0.6 is 0 Å². The molecule has 118 valence electrons. The predicted octanol–water partition coefficient (Wildman–Crippen LogP) is 2.52. The summed E-state index contributed by atoms with van der Waals surface area (Å²) in [5, 5.41) is 0. The minimum Gasteiger partial charge on any atom is -0.457 e. The highest BCUT2D eigenvalue weighted by atomic mass is 19.1. The summed E-state index contributed by atoms with van der Waals surface area (Å²) in [6, 6.07) is 10.4. The molecule has 0 spiro atoms. The van der Waals surface area contributed by atoms with E-state index < -0.39 is 11.8 Å². The quantitative estimate of drug-likeness (QED) is 0.626. The van der Waals surface area contributed by atoms with Crippen molar-refractivity contribution in [3.63, 3.8) is 0 Å². The number of Topliss-reactive ketones (excluding diaryl/α,β-unsaturated/α-hetero) is 1. The average Bonchev–Trinajstić information content (AvgIpc) is 3.00. The van der Waals surface area contributed by atoms with Gasteiger partial charge in [0, 0.05) is 5.56 Å². The van der Waals surface area contributed by atoms with Gasteiger partial charge >= 0.3 is 5.97 Å². The molecule has 0 saturated carbocycles. The van der Waals surface area contributed by atoms with Crippen molar-refractivity contribution >= 4 is 11.8 Å². The molecular weight excluding hydrogens is 303 g/mol. The van der Waals surface area contributed by atoms with Crippen LogP contribution in [0.4, 0.5) is 4.39 Å². The zero-order valence-electron chi connectivity index (χ0n) is 12.1. The standard InChI is InChI=1S/C17H13FO5/c18-13-3-1-2-11(6-13)7-17(20)21-9-14(19)12-4-5-15-16(8-12)23-10-22-15/h1-6,8H,7,9-10H2. The Bertz CT molecular complexity index is 756. The lowest BCUT2D eigenvalue weighted by atomic mass is 10.1. The van der Waals surface area contributed by atoms with Crippen molar-refractivity contribution in [2.24, 2.45) is 0 Å². The average molecular weight is 316 g/mol. The second-order valence-electron chi connectivity index (χ2n) is 4.96. The number of halogens is 1. The molecule has 1 aliphatic heterocycles. The van der Waals surface area contributed by atoms with Crippen LogP contribution in [0.1, 0.15) is 15.9 Å². The van der Waals surface area contributed by atoms with Gasteiger partial charge in [0.15, 0.2) is 23.9 Å². The molecule has 0 aliphatic carbocycles. The first-order valence-corrected chi connectivity index (χ1v) is 6.95. The minimum atomic E-state index is -0.593. The van der Waals surface area contributed by atoms with Crippen molar-refractivity contribution in [3.8, 4) is 11.5 Å². The third-order valence-electron chi connectivity index (χ3n) is 3.30. The fourth-order valence-electron chi connectivity index (χ4n) is 2.16. The van der Waals surface area contributed by atoms with E-state index in [-0.39, 0.29) is 25.6 Å². The molecule has 0 bridgehead atoms. The number of carbonyl (C=O) groups excluding carboxylic acids is 2. The Labute approximate surface area is 131 Å². The maximum absolute atomic E-state index is 13.0. The Balaban J connectivity index is 1.55. The highest BCUT2D eigenvalue weighted by Gasteiger charge is 2.17. The summed E-state index contributed by atoms with van der Waals surface area (Å²) in [6.45, 7) is -0.261. The zero-order valence-corrected chi connectivity index (χ0v) is 12.1. The lowest BCUT2D eigenvalue weighted by Crippen LogP contribution is -2.15. The van der Waals surface area contributed by atoms with Gasteiger partial charge in [0.25, 0.3) is 0 Å². The maximum atomic E-state index is 13.0. The molecule has 0 atom stereocenters. The predicted molar refractivity (Wildman–Crippen MR) is 78.0 cm³/mol. The third-order valence-corrected chi connectivity index (χ3v) is 3.30. The smallest absolute Gasteiger partial charge is 0.310 e. The van der Waals surface area contributed by atoms with E-state index in [2.05, 4.69) is 0 Å². The number of ketones is 1. The molecule has 0 aromatic heterocycles. The van der Waals surface area contributed by atoms with Crippen LogP contribution in [0, 0.1) is 5.82 Å². The highest BCUT2D eigenvalue weighted by Crippen LogP contribution is 2.32. The van der Waals surface area contributed by atoms with Gasteiger partial charge in [0.1, 0.15) is 5.82 Å². The summed E-state index contributed by atoms with van der Waals surface area (Å²) in [4.78, 5) is 23.7. The molecule has 0 amide bonds. The number of ether oxygens (including phenoxy) is 3. The topological polar surface area (TPSA) is 61.8 Å². The fourth-order valence-corrected chi connectivity index (χ4v) is 2.16. The van der Waals surface area contributed by atoms with Crippen LogP contribution in [-0.4, -0.2) is 25.2 Å². The summed E-state index contributed by atoms with van der Waals surface area (Å²) < 4.78 is 28.3. The number of carbonyl (C=O) groups is 2. The van der Waals surface area contributed by atoms with Crippen LogP contribution in [0.25, 0.3) is 0 Å². The number of benzene rings is 2. The molecule has 0 saturated heterocycles. The van der Waals surface area contributed by atoms with E-state index in [0.29, 0.717) is 22.6 Å². The number of hydrogen-bond donors (Lipinski definition) is 0. The normalized spacial score (nSPS) is 12.0. The summed E-state index contributed by atoms with van der Waals surface area (Å²) in [5.74, 6) is -0.307. The summed E-state index contributed by atoms with van der Waals surface area (Å²) in [7, 11) is 0. The second kappa shape index (κ2) is 6.48. The van der Waals surface area contributed by atoms with E-state index in [4.69, 9.17) is 14.2 Å². The molecular formula is C17H13FO5. The first kappa shape index (κ1) is 15.0. The van der Waals surface area contributed by atoms with Crippen LogP contribution < -0.4 is 9.47 Å². The lowest BCUT2D eigenvalue weighted by Gasteiger charge is -2.05. The van der Waals surface area contributed by atoms with Crippen LogP contribution in [0.3, 0.4) is 0 Å². The van der Waals surface area contributed by atoms with Gasteiger partial charge in [-0.05, 0) is 35.9 Å². The van der Waals surface area contributed by atoms with Crippen LogP contribution in [0.2, 0.25) is 0 Å². The summed E-state index contributed by atoms with van der Waals surface area (Å²) >= 11 is 0. The van der Waals surface area contributed by atoms with Gasteiger partial charge in [-0.2, -0.15) is 0 Å². The third kappa shape index (κ3) is 3.66. The van der Waals surface area contributed by atoms with E-state index >= 15 is 0 Å². The van der Waals surface area contributed by atoms with Crippen LogP contribution in [0.15, 0.2) is 42.5 Å². The SMILES string of the molecule is O=C(Cc1cccc(F)c1)OCC(=O)c1ccc2c(c1)OCO2. The molecule has 2 aromatic carbocycles. The van der Waals surface area contributed by atoms with E-state index in [1.807, 2.05) is 0 Å². The van der Waals surface area contributed by atoms with Gasteiger partial charge in [-0.15, -0.1) is 0 Å². The molecule has 2 aromatic rings. The summed E-state index contributed by atoms with van der Waals surface area (Å²) in [5.41, 5.74) is 0.860. The molecule has 6 heteroatoms. The molecule has 1 heterocycles. The lowest BCUT2D eigenvalue weighted by molar-refractivity contribution is -0.141. The van der Waals surface area contributed by atoms with Gasteiger partial charge in [0.2, 0.25) is 6.79 Å². The zero-order chi connectivity index (χ0) is 16.2. The number of hydrogen-bond acceptors (Lipinski definition) is 5. The minimum absolute atomic E-state index is 0.0911. The van der Waals surface area contributed by atoms with Crippen molar-refractivity contribution in [3.05, 3.63) is 59.4 Å². The Kier molecular flexibility index (Phi) is 4.23. The van der Waals surface area contributed by atoms with Crippen LogP contribution in [-0.2, 0) is 16.0 Å². The van der Waals surface area contributed by atoms with Gasteiger partial charge in [-0.1, -0.05) is 12.1 Å². The van der Waals surface area contributed by atoms with Crippen molar-refractivity contribution in [1.82, 2.24) is 0 Å². The first-order valence-electron chi connectivity index (χ1n) is 6.95. The Morgan fingerprint density at radius 3 is 2.74 bits per heavy atom. The van der Waals surface area contributed by atoms with E-state index in [0.717, 1.165) is 0 Å². The molecule has 0 radical (unpaired) electrons. The Morgan fingerprint density at radius 2 is 1.91 bits per heavy atom. The fraction of sp³-hybridized carbons (Fsp3) is 0.176. The van der Waals surface area contributed by atoms with Crippen molar-refractivity contribution in [1.29, 1.82) is 0 Å². The monoisotopic (exact) mass is 316 g/mol. The molecule has 0 N–H and O–H groups in total. The van der Waals surface area contributed by atoms with Gasteiger partial charge in [-0.3, -0.25) is 9.59 Å². The molecule has 1 aliphatic rings. The molecule has 5 nitrogen and oxygen atoms in total. The first-order chi connectivity index (χ1) is 11.1. The molecule has 23 heavy (non-hydrogen) atoms. The second-order valence-corrected chi connectivity index (χ2v) is 4.96. The van der Waals surface area contributed by atoms with E-state index in [1.165, 1.54) is 18.2 Å². The Hall–Kier alpha value is -2.89. The largest absolute Gasteiger partial charge is 0.457 e. The van der Waals surface area contributed by atoms with Crippen LogP contribution in [0.5, 0.6) is 11.5 Å². The van der Waals surface area contributed by atoms with Gasteiger partial charge in [-0.25, -0.2) is 4.39 Å². The van der Waals surface area contributed by atoms with E-state index in [1.54, 1.807) is 24.3 Å². The molecule has 0 unspecified atom stereocenters. The van der Waals surface area contributed by atoms with Gasteiger partial charge < -0.3 is 14.2 Å². The van der Waals surface area contributed by atoms with Crippen molar-refractivity contribution in [2.75, 3.05) is 13.4 Å². The highest BCUT2D eigenvalue weighted by molar-refractivity contribution is 5.98. The molecule has 0 fully saturated rings. The Morgan fingerprint density at radius 1 is 1.09 bits per heavy atom. The van der Waals surface area contributed by atoms with Crippen molar-refractivity contribution < 1.29 is 28.2 Å². The number of fused-ring (bicyclic) bond motifs is 1. The maximum Gasteiger partial charge on any atom is 0.310 e. The number of esters is 1. The number of rotatable bonds is 5. The van der Waals surface area contributed by atoms with Crippen molar-refractivity contribution in [2.45, 2.75) is 6.42 Å².